The highest BCUT2D eigenvalue weighted by Gasteiger charge is 2.31. The second kappa shape index (κ2) is 11.8. The van der Waals surface area contributed by atoms with Crippen LogP contribution in [0.3, 0.4) is 0 Å². The number of fused-ring (bicyclic) bond motifs is 2. The van der Waals surface area contributed by atoms with Crippen LogP contribution in [-0.2, 0) is 17.6 Å². The summed E-state index contributed by atoms with van der Waals surface area (Å²) in [6, 6.07) is 5.45. The molecule has 37 heavy (non-hydrogen) atoms. The van der Waals surface area contributed by atoms with Crippen molar-refractivity contribution in [2.75, 3.05) is 6.61 Å². The van der Waals surface area contributed by atoms with E-state index in [1.807, 2.05) is 12.1 Å². The van der Waals surface area contributed by atoms with E-state index in [2.05, 4.69) is 13.8 Å². The molecule has 0 aromatic heterocycles. The molecule has 1 saturated heterocycles. The monoisotopic (exact) mass is 514 g/mol. The summed E-state index contributed by atoms with van der Waals surface area (Å²) in [6.07, 6.45) is 13.2. The van der Waals surface area contributed by atoms with Crippen molar-refractivity contribution < 1.29 is 22.6 Å². The Labute approximate surface area is 219 Å². The summed E-state index contributed by atoms with van der Waals surface area (Å²) in [4.78, 5) is 0. The highest BCUT2D eigenvalue weighted by Crippen LogP contribution is 2.44. The second-order valence-electron chi connectivity index (χ2n) is 11.6. The number of rotatable bonds is 8. The number of halogens is 3. The first-order valence-electron chi connectivity index (χ1n) is 14.6. The molecular formula is C32H41F3O2. The number of ether oxygens (including phenoxy) is 2. The van der Waals surface area contributed by atoms with Crippen LogP contribution in [0.25, 0.3) is 0 Å². The fourth-order valence-electron chi connectivity index (χ4n) is 6.81. The van der Waals surface area contributed by atoms with Crippen molar-refractivity contribution in [3.8, 4) is 11.5 Å². The van der Waals surface area contributed by atoms with Gasteiger partial charge < -0.3 is 9.47 Å². The van der Waals surface area contributed by atoms with Gasteiger partial charge in [-0.15, -0.1) is 0 Å². The molecule has 2 aromatic carbocycles. The summed E-state index contributed by atoms with van der Waals surface area (Å²) in [5, 5.41) is 0. The molecule has 1 aliphatic carbocycles. The third-order valence-electron chi connectivity index (χ3n) is 9.01. The zero-order valence-corrected chi connectivity index (χ0v) is 22.4. The molecule has 202 valence electrons. The third kappa shape index (κ3) is 5.72. The van der Waals surface area contributed by atoms with Gasteiger partial charge in [0.1, 0.15) is 0 Å². The first kappa shape index (κ1) is 26.6. The van der Waals surface area contributed by atoms with Crippen molar-refractivity contribution in [3.63, 3.8) is 0 Å². The normalized spacial score (nSPS) is 25.3. The maximum atomic E-state index is 15.6. The van der Waals surface area contributed by atoms with Crippen LogP contribution < -0.4 is 4.74 Å². The van der Waals surface area contributed by atoms with E-state index in [1.165, 1.54) is 38.5 Å². The van der Waals surface area contributed by atoms with Gasteiger partial charge in [-0.2, -0.15) is 4.39 Å². The van der Waals surface area contributed by atoms with Crippen LogP contribution in [0, 0.1) is 29.3 Å². The lowest BCUT2D eigenvalue weighted by molar-refractivity contribution is -0.00178. The zero-order chi connectivity index (χ0) is 25.9. The summed E-state index contributed by atoms with van der Waals surface area (Å²) in [6.45, 7) is 4.85. The Morgan fingerprint density at radius 2 is 1.46 bits per heavy atom. The lowest BCUT2D eigenvalue weighted by Gasteiger charge is -2.30. The van der Waals surface area contributed by atoms with Crippen molar-refractivity contribution in [2.45, 2.75) is 109 Å². The van der Waals surface area contributed by atoms with Gasteiger partial charge in [-0.25, -0.2) is 8.78 Å². The van der Waals surface area contributed by atoms with E-state index in [1.54, 1.807) is 6.07 Å². The van der Waals surface area contributed by atoms with Crippen molar-refractivity contribution in [1.29, 1.82) is 0 Å². The largest absolute Gasteiger partial charge is 0.450 e. The van der Waals surface area contributed by atoms with Gasteiger partial charge in [-0.05, 0) is 61.1 Å². The lowest BCUT2D eigenvalue weighted by atomic mass is 9.78. The molecule has 2 aliphatic heterocycles. The van der Waals surface area contributed by atoms with E-state index in [0.717, 1.165) is 38.0 Å². The van der Waals surface area contributed by atoms with E-state index in [4.69, 9.17) is 9.47 Å². The fraction of sp³-hybridized carbons (Fsp3) is 0.625. The Bertz CT molecular complexity index is 1080. The van der Waals surface area contributed by atoms with Crippen molar-refractivity contribution in [3.05, 3.63) is 57.9 Å². The average Bonchev–Trinajstić information content (AvgIpc) is 2.91. The van der Waals surface area contributed by atoms with E-state index in [9.17, 15) is 0 Å². The van der Waals surface area contributed by atoms with Crippen LogP contribution in [0.2, 0.25) is 0 Å². The SMILES string of the molecule is CCCC1CCC(CCc2cc3c(c(F)c2F)Oc2c(ccc(C4CCC(CCC)OC4)c2F)C3)CC1. The highest BCUT2D eigenvalue weighted by atomic mass is 19.2. The Kier molecular flexibility index (Phi) is 8.48. The van der Waals surface area contributed by atoms with Gasteiger partial charge >= 0.3 is 0 Å². The molecule has 1 saturated carbocycles. The molecule has 2 aromatic rings. The molecule has 3 aliphatic rings. The molecule has 0 spiro atoms. The zero-order valence-electron chi connectivity index (χ0n) is 22.4. The van der Waals surface area contributed by atoms with Crippen LogP contribution in [0.5, 0.6) is 11.5 Å². The average molecular weight is 515 g/mol. The van der Waals surface area contributed by atoms with Crippen LogP contribution in [-0.4, -0.2) is 12.7 Å². The quantitative estimate of drug-likeness (QED) is 0.298. The maximum Gasteiger partial charge on any atom is 0.201 e. The molecule has 2 unspecified atom stereocenters. The number of hydrogen-bond donors (Lipinski definition) is 0. The number of benzene rings is 2. The van der Waals surface area contributed by atoms with E-state index in [0.29, 0.717) is 47.6 Å². The van der Waals surface area contributed by atoms with Crippen LogP contribution in [0.1, 0.15) is 113 Å². The summed E-state index contributed by atoms with van der Waals surface area (Å²) in [5.41, 5.74) is 2.24. The van der Waals surface area contributed by atoms with Gasteiger partial charge in [0.25, 0.3) is 0 Å². The summed E-state index contributed by atoms with van der Waals surface area (Å²) >= 11 is 0. The van der Waals surface area contributed by atoms with Crippen LogP contribution in [0.4, 0.5) is 13.2 Å². The van der Waals surface area contributed by atoms with E-state index in [-0.39, 0.29) is 23.5 Å². The summed E-state index contributed by atoms with van der Waals surface area (Å²) < 4.78 is 57.6. The standard InChI is InChI=1S/C32H41F3O2/c1-3-5-20-7-9-21(10-8-20)11-12-22-17-25-18-23-14-16-27(24-13-15-26(6-4-2)36-19-24)29(34)31(23)37-32(25)30(35)28(22)33/h14,16-17,20-21,24,26H,3-13,15,18-19H2,1-2H3. The van der Waals surface area contributed by atoms with E-state index >= 15 is 13.2 Å². The first-order chi connectivity index (χ1) is 18.0. The van der Waals surface area contributed by atoms with E-state index < -0.39 is 17.5 Å². The van der Waals surface area contributed by atoms with Gasteiger partial charge in [0.15, 0.2) is 23.1 Å². The maximum absolute atomic E-state index is 15.6. The molecule has 2 atom stereocenters. The highest BCUT2D eigenvalue weighted by molar-refractivity contribution is 5.54. The Morgan fingerprint density at radius 1 is 0.757 bits per heavy atom. The molecule has 0 bridgehead atoms. The Hall–Kier alpha value is -2.01. The molecule has 0 amide bonds. The fourth-order valence-corrected chi connectivity index (χ4v) is 6.81. The summed E-state index contributed by atoms with van der Waals surface area (Å²) in [7, 11) is 0. The van der Waals surface area contributed by atoms with Gasteiger partial charge in [-0.3, -0.25) is 0 Å². The molecule has 0 N–H and O–H groups in total. The molecule has 5 heteroatoms. The molecule has 2 nitrogen and oxygen atoms in total. The van der Waals surface area contributed by atoms with Crippen molar-refractivity contribution in [1.82, 2.24) is 0 Å². The summed E-state index contributed by atoms with van der Waals surface area (Å²) in [5.74, 6) is -1.06. The van der Waals surface area contributed by atoms with Gasteiger partial charge in [0, 0.05) is 23.5 Å². The van der Waals surface area contributed by atoms with Crippen molar-refractivity contribution in [2.24, 2.45) is 11.8 Å². The number of hydrogen-bond acceptors (Lipinski definition) is 2. The lowest BCUT2D eigenvalue weighted by Crippen LogP contribution is -2.25. The topological polar surface area (TPSA) is 18.5 Å². The molecule has 2 heterocycles. The third-order valence-corrected chi connectivity index (χ3v) is 9.01. The minimum atomic E-state index is -0.988. The Balaban J connectivity index is 1.28. The van der Waals surface area contributed by atoms with Crippen LogP contribution in [0.15, 0.2) is 18.2 Å². The predicted octanol–water partition coefficient (Wildman–Crippen LogP) is 9.40. The first-order valence-corrected chi connectivity index (χ1v) is 14.6. The molecule has 2 fully saturated rings. The molecule has 0 radical (unpaired) electrons. The van der Waals surface area contributed by atoms with Gasteiger partial charge in [0.05, 0.1) is 12.7 Å². The smallest absolute Gasteiger partial charge is 0.201 e. The van der Waals surface area contributed by atoms with Crippen LogP contribution >= 0.6 is 0 Å². The minimum Gasteiger partial charge on any atom is -0.450 e. The molecular weight excluding hydrogens is 473 g/mol. The second-order valence-corrected chi connectivity index (χ2v) is 11.6. The van der Waals surface area contributed by atoms with Gasteiger partial charge in [-0.1, -0.05) is 70.9 Å². The predicted molar refractivity (Wildman–Crippen MR) is 141 cm³/mol. The van der Waals surface area contributed by atoms with Crippen molar-refractivity contribution >= 4 is 0 Å². The minimum absolute atomic E-state index is 0.0376. The number of aryl methyl sites for hydroxylation is 1. The Morgan fingerprint density at radius 3 is 2.14 bits per heavy atom. The molecule has 5 rings (SSSR count). The van der Waals surface area contributed by atoms with Gasteiger partial charge in [0.2, 0.25) is 5.82 Å².